The van der Waals surface area contributed by atoms with Crippen LogP contribution in [0.1, 0.15) is 22.7 Å². The molecule has 0 saturated carbocycles. The number of morpholine rings is 1. The molecule has 2 aromatic carbocycles. The molecule has 27 heavy (non-hydrogen) atoms. The van der Waals surface area contributed by atoms with Crippen LogP contribution in [0.2, 0.25) is 0 Å². The highest BCUT2D eigenvalue weighted by Crippen LogP contribution is 2.30. The van der Waals surface area contributed by atoms with Crippen molar-refractivity contribution in [3.05, 3.63) is 71.3 Å². The molecule has 1 N–H and O–H groups in total. The highest BCUT2D eigenvalue weighted by molar-refractivity contribution is 5.79. The van der Waals surface area contributed by atoms with Gasteiger partial charge in [0.1, 0.15) is 6.10 Å². The Labute approximate surface area is 160 Å². The number of hydrogen-bond acceptors (Lipinski definition) is 4. The van der Waals surface area contributed by atoms with Crippen LogP contribution in [-0.2, 0) is 22.5 Å². The summed E-state index contributed by atoms with van der Waals surface area (Å²) in [5.41, 5.74) is 3.70. The van der Waals surface area contributed by atoms with Crippen LogP contribution in [0.15, 0.2) is 54.6 Å². The number of amides is 1. The summed E-state index contributed by atoms with van der Waals surface area (Å²) in [7, 11) is 0. The van der Waals surface area contributed by atoms with Crippen molar-refractivity contribution in [3.63, 3.8) is 0 Å². The van der Waals surface area contributed by atoms with E-state index in [0.717, 1.165) is 25.1 Å². The molecular weight excluding hydrogens is 340 g/mol. The summed E-state index contributed by atoms with van der Waals surface area (Å²) in [6, 6.07) is 18.1. The summed E-state index contributed by atoms with van der Waals surface area (Å²) in [6.45, 7) is 3.02. The predicted molar refractivity (Wildman–Crippen MR) is 103 cm³/mol. The lowest BCUT2D eigenvalue weighted by atomic mass is 9.97. The number of rotatable bonds is 4. The van der Waals surface area contributed by atoms with Gasteiger partial charge in [-0.3, -0.25) is 9.69 Å². The Balaban J connectivity index is 1.50. The molecule has 5 nitrogen and oxygen atoms in total. The molecule has 0 spiro atoms. The first-order valence-electron chi connectivity index (χ1n) is 9.62. The third kappa shape index (κ3) is 3.90. The van der Waals surface area contributed by atoms with Crippen molar-refractivity contribution >= 4 is 5.91 Å². The lowest BCUT2D eigenvalue weighted by Gasteiger charge is -2.42. The largest absolute Gasteiger partial charge is 0.394 e. The summed E-state index contributed by atoms with van der Waals surface area (Å²) in [5, 5.41) is 9.78. The van der Waals surface area contributed by atoms with Gasteiger partial charge in [-0.25, -0.2) is 0 Å². The van der Waals surface area contributed by atoms with Crippen molar-refractivity contribution in [2.45, 2.75) is 25.1 Å². The number of aliphatic hydroxyl groups is 1. The van der Waals surface area contributed by atoms with Gasteiger partial charge in [-0.1, -0.05) is 54.6 Å². The number of benzene rings is 2. The maximum atomic E-state index is 13.2. The van der Waals surface area contributed by atoms with Crippen LogP contribution >= 0.6 is 0 Å². The third-order valence-electron chi connectivity index (χ3n) is 5.56. The van der Waals surface area contributed by atoms with Crippen LogP contribution in [0.25, 0.3) is 0 Å². The quantitative estimate of drug-likeness (QED) is 0.899. The molecule has 142 valence electrons. The third-order valence-corrected chi connectivity index (χ3v) is 5.56. The maximum absolute atomic E-state index is 13.2. The van der Waals surface area contributed by atoms with Gasteiger partial charge in [0.2, 0.25) is 5.91 Å². The molecular formula is C22H26N2O3. The van der Waals surface area contributed by atoms with Crippen molar-refractivity contribution in [1.82, 2.24) is 9.80 Å². The molecule has 2 aliphatic heterocycles. The molecule has 5 heteroatoms. The molecule has 2 atom stereocenters. The standard InChI is InChI=1S/C22H26N2O3/c25-16-20-22(18-7-2-1-3-8-18)24(12-13-27-20)21(26)15-23-11-10-17-6-4-5-9-19(17)14-23/h1-9,20,22,25H,10-16H2. The molecule has 4 rings (SSSR count). The van der Waals surface area contributed by atoms with E-state index in [2.05, 4.69) is 29.2 Å². The zero-order valence-electron chi connectivity index (χ0n) is 15.5. The van der Waals surface area contributed by atoms with Crippen LogP contribution in [0.3, 0.4) is 0 Å². The summed E-state index contributed by atoms with van der Waals surface area (Å²) in [4.78, 5) is 17.3. The van der Waals surface area contributed by atoms with E-state index >= 15 is 0 Å². The number of nitrogens with zero attached hydrogens (tertiary/aromatic N) is 2. The molecule has 1 amide bonds. The molecule has 1 fully saturated rings. The van der Waals surface area contributed by atoms with Crippen LogP contribution in [0.4, 0.5) is 0 Å². The van der Waals surface area contributed by atoms with Crippen LogP contribution < -0.4 is 0 Å². The fraction of sp³-hybridized carbons (Fsp3) is 0.409. The lowest BCUT2D eigenvalue weighted by molar-refractivity contribution is -0.151. The summed E-state index contributed by atoms with van der Waals surface area (Å²) >= 11 is 0. The monoisotopic (exact) mass is 366 g/mol. The van der Waals surface area contributed by atoms with Gasteiger partial charge < -0.3 is 14.7 Å². The first kappa shape index (κ1) is 18.2. The number of ether oxygens (including phenoxy) is 1. The van der Waals surface area contributed by atoms with E-state index in [1.165, 1.54) is 11.1 Å². The van der Waals surface area contributed by atoms with Gasteiger partial charge in [0.05, 0.1) is 25.8 Å². The second-order valence-corrected chi connectivity index (χ2v) is 7.26. The van der Waals surface area contributed by atoms with E-state index in [4.69, 9.17) is 4.74 Å². The van der Waals surface area contributed by atoms with E-state index in [1.807, 2.05) is 35.2 Å². The Kier molecular flexibility index (Phi) is 5.53. The number of fused-ring (bicyclic) bond motifs is 1. The predicted octanol–water partition coefficient (Wildman–Crippen LogP) is 2.01. The van der Waals surface area contributed by atoms with E-state index in [-0.39, 0.29) is 24.7 Å². The van der Waals surface area contributed by atoms with Crippen molar-refractivity contribution in [2.75, 3.05) is 32.8 Å². The first-order valence-corrected chi connectivity index (χ1v) is 9.62. The van der Waals surface area contributed by atoms with E-state index in [9.17, 15) is 9.90 Å². The summed E-state index contributed by atoms with van der Waals surface area (Å²) in [5.74, 6) is 0.102. The Hall–Kier alpha value is -2.21. The van der Waals surface area contributed by atoms with Gasteiger partial charge in [0.15, 0.2) is 0 Å². The molecule has 2 unspecified atom stereocenters. The van der Waals surface area contributed by atoms with Crippen molar-refractivity contribution in [1.29, 1.82) is 0 Å². The molecule has 1 saturated heterocycles. The van der Waals surface area contributed by atoms with Crippen molar-refractivity contribution in [2.24, 2.45) is 0 Å². The average molecular weight is 366 g/mol. The SMILES string of the molecule is O=C(CN1CCc2ccccc2C1)N1CCOC(CO)C1c1ccccc1. The van der Waals surface area contributed by atoms with Gasteiger partial charge in [-0.05, 0) is 23.1 Å². The first-order chi connectivity index (χ1) is 13.3. The zero-order valence-corrected chi connectivity index (χ0v) is 15.5. The van der Waals surface area contributed by atoms with E-state index < -0.39 is 0 Å². The Morgan fingerprint density at radius 2 is 1.78 bits per heavy atom. The maximum Gasteiger partial charge on any atom is 0.237 e. The molecule has 2 aromatic rings. The Bertz CT molecular complexity index is 780. The Morgan fingerprint density at radius 3 is 2.56 bits per heavy atom. The smallest absolute Gasteiger partial charge is 0.237 e. The topological polar surface area (TPSA) is 53.0 Å². The van der Waals surface area contributed by atoms with E-state index in [0.29, 0.717) is 19.7 Å². The summed E-state index contributed by atoms with van der Waals surface area (Å²) in [6.07, 6.45) is 0.598. The minimum absolute atomic E-state index is 0.0968. The fourth-order valence-electron chi connectivity index (χ4n) is 4.18. The second-order valence-electron chi connectivity index (χ2n) is 7.26. The molecule has 0 aliphatic carbocycles. The minimum atomic E-state index is -0.382. The van der Waals surface area contributed by atoms with Gasteiger partial charge >= 0.3 is 0 Å². The molecule has 0 bridgehead atoms. The van der Waals surface area contributed by atoms with Crippen molar-refractivity contribution in [3.8, 4) is 0 Å². The molecule has 0 radical (unpaired) electrons. The van der Waals surface area contributed by atoms with Gasteiger partial charge in [0.25, 0.3) is 0 Å². The van der Waals surface area contributed by atoms with Crippen LogP contribution in [0.5, 0.6) is 0 Å². The second kappa shape index (κ2) is 8.21. The van der Waals surface area contributed by atoms with Gasteiger partial charge in [-0.2, -0.15) is 0 Å². The van der Waals surface area contributed by atoms with E-state index in [1.54, 1.807) is 0 Å². The number of carbonyl (C=O) groups excluding carboxylic acids is 1. The molecule has 2 heterocycles. The molecule has 0 aromatic heterocycles. The van der Waals surface area contributed by atoms with Crippen molar-refractivity contribution < 1.29 is 14.6 Å². The zero-order chi connectivity index (χ0) is 18.6. The number of aliphatic hydroxyl groups excluding tert-OH is 1. The molecule has 2 aliphatic rings. The number of hydrogen-bond donors (Lipinski definition) is 1. The fourth-order valence-corrected chi connectivity index (χ4v) is 4.18. The van der Waals surface area contributed by atoms with Gasteiger partial charge in [0, 0.05) is 19.6 Å². The highest BCUT2D eigenvalue weighted by Gasteiger charge is 2.36. The van der Waals surface area contributed by atoms with Crippen LogP contribution in [0, 0.1) is 0 Å². The normalized spacial score (nSPS) is 23.1. The number of carbonyl (C=O) groups is 1. The minimum Gasteiger partial charge on any atom is -0.394 e. The lowest BCUT2D eigenvalue weighted by Crippen LogP contribution is -2.52. The van der Waals surface area contributed by atoms with Crippen LogP contribution in [-0.4, -0.2) is 59.8 Å². The highest BCUT2D eigenvalue weighted by atomic mass is 16.5. The summed E-state index contributed by atoms with van der Waals surface area (Å²) < 4.78 is 5.75. The van der Waals surface area contributed by atoms with Gasteiger partial charge in [-0.15, -0.1) is 0 Å². The average Bonchev–Trinajstić information content (AvgIpc) is 2.73. The Morgan fingerprint density at radius 1 is 1.04 bits per heavy atom.